The summed E-state index contributed by atoms with van der Waals surface area (Å²) >= 11 is 0. The van der Waals surface area contributed by atoms with E-state index in [9.17, 15) is 14.0 Å². The quantitative estimate of drug-likeness (QED) is 0.755. The number of nitrogens with one attached hydrogen (secondary N) is 1. The second kappa shape index (κ2) is 7.82. The second-order valence-corrected chi connectivity index (χ2v) is 6.20. The van der Waals surface area contributed by atoms with E-state index in [-0.39, 0.29) is 29.9 Å². The maximum Gasteiger partial charge on any atom is 0.272 e. The normalized spacial score (nSPS) is 10.5. The van der Waals surface area contributed by atoms with Crippen molar-refractivity contribution in [3.05, 3.63) is 78.1 Å². The largest absolute Gasteiger partial charge is 0.331 e. The number of benzene rings is 2. The predicted molar refractivity (Wildman–Crippen MR) is 100 cm³/mol. The molecule has 0 atom stereocenters. The highest BCUT2D eigenvalue weighted by molar-refractivity contribution is 5.98. The summed E-state index contributed by atoms with van der Waals surface area (Å²) in [6, 6.07) is 13.1. The van der Waals surface area contributed by atoms with Crippen molar-refractivity contribution in [1.82, 2.24) is 14.5 Å². The molecule has 2 amide bonds. The number of hydrogen-bond donors (Lipinski definition) is 1. The Morgan fingerprint density at radius 3 is 2.44 bits per heavy atom. The van der Waals surface area contributed by atoms with Gasteiger partial charge in [0.25, 0.3) is 5.91 Å². The maximum atomic E-state index is 13.1. The van der Waals surface area contributed by atoms with Gasteiger partial charge >= 0.3 is 0 Å². The van der Waals surface area contributed by atoms with Crippen LogP contribution in [-0.2, 0) is 4.79 Å². The van der Waals surface area contributed by atoms with Crippen LogP contribution in [0.4, 0.5) is 10.1 Å². The molecular weight excluding hydrogens is 347 g/mol. The van der Waals surface area contributed by atoms with Crippen LogP contribution in [0, 0.1) is 12.7 Å². The molecule has 0 fully saturated rings. The number of likely N-dealkylation sites (N-methyl/N-ethyl adjacent to an activating group) is 1. The SMILES string of the molecule is Cc1ccc(NC(=O)CN(C)C(=O)c2cncn2-c2ccc(F)cc2)cc1. The zero-order valence-corrected chi connectivity index (χ0v) is 15.0. The molecule has 0 aliphatic carbocycles. The number of nitrogens with zero attached hydrogens (tertiary/aromatic N) is 3. The zero-order valence-electron chi connectivity index (χ0n) is 15.0. The zero-order chi connectivity index (χ0) is 19.4. The van der Waals surface area contributed by atoms with Crippen LogP contribution in [0.2, 0.25) is 0 Å². The molecule has 0 bridgehead atoms. The number of carbonyl (C=O) groups excluding carboxylic acids is 2. The van der Waals surface area contributed by atoms with Crippen molar-refractivity contribution in [2.24, 2.45) is 0 Å². The molecule has 6 nitrogen and oxygen atoms in total. The molecule has 0 spiro atoms. The number of hydrogen-bond acceptors (Lipinski definition) is 3. The fourth-order valence-corrected chi connectivity index (χ4v) is 2.58. The number of aromatic nitrogens is 2. The van der Waals surface area contributed by atoms with Crippen LogP contribution >= 0.6 is 0 Å². The Labute approximate surface area is 156 Å². The van der Waals surface area contributed by atoms with Gasteiger partial charge in [0, 0.05) is 18.4 Å². The molecule has 2 aromatic carbocycles. The maximum absolute atomic E-state index is 13.1. The number of imidazole rings is 1. The van der Waals surface area contributed by atoms with Crippen LogP contribution in [0.15, 0.2) is 61.1 Å². The minimum Gasteiger partial charge on any atom is -0.331 e. The predicted octanol–water partition coefficient (Wildman–Crippen LogP) is 3.03. The third-order valence-corrected chi connectivity index (χ3v) is 4.03. The van der Waals surface area contributed by atoms with Crippen molar-refractivity contribution < 1.29 is 14.0 Å². The van der Waals surface area contributed by atoms with Crippen molar-refractivity contribution in [3.8, 4) is 5.69 Å². The van der Waals surface area contributed by atoms with E-state index in [0.717, 1.165) is 5.56 Å². The van der Waals surface area contributed by atoms with Gasteiger partial charge in [0.05, 0.1) is 19.1 Å². The lowest BCUT2D eigenvalue weighted by Crippen LogP contribution is -2.35. The molecule has 138 valence electrons. The van der Waals surface area contributed by atoms with E-state index in [0.29, 0.717) is 11.4 Å². The highest BCUT2D eigenvalue weighted by Gasteiger charge is 2.19. The summed E-state index contributed by atoms with van der Waals surface area (Å²) in [6.45, 7) is 1.85. The van der Waals surface area contributed by atoms with Gasteiger partial charge in [-0.25, -0.2) is 9.37 Å². The lowest BCUT2D eigenvalue weighted by atomic mass is 10.2. The summed E-state index contributed by atoms with van der Waals surface area (Å²) in [4.78, 5) is 30.2. The van der Waals surface area contributed by atoms with Crippen LogP contribution in [0.1, 0.15) is 16.1 Å². The molecule has 0 aliphatic heterocycles. The molecule has 27 heavy (non-hydrogen) atoms. The van der Waals surface area contributed by atoms with Crippen LogP contribution < -0.4 is 5.32 Å². The molecule has 0 unspecified atom stereocenters. The van der Waals surface area contributed by atoms with Crippen molar-refractivity contribution in [2.75, 3.05) is 18.9 Å². The van der Waals surface area contributed by atoms with E-state index in [4.69, 9.17) is 0 Å². The van der Waals surface area contributed by atoms with Gasteiger partial charge in [-0.05, 0) is 43.3 Å². The first-order valence-electron chi connectivity index (χ1n) is 8.34. The molecule has 0 saturated heterocycles. The Kier molecular flexibility index (Phi) is 5.30. The molecule has 3 rings (SSSR count). The number of halogens is 1. The van der Waals surface area contributed by atoms with Crippen LogP contribution in [0.3, 0.4) is 0 Å². The summed E-state index contributed by atoms with van der Waals surface area (Å²) < 4.78 is 14.7. The Hall–Kier alpha value is -3.48. The Balaban J connectivity index is 1.69. The van der Waals surface area contributed by atoms with Gasteiger partial charge in [0.2, 0.25) is 5.91 Å². The molecule has 0 aliphatic rings. The van der Waals surface area contributed by atoms with Crippen molar-refractivity contribution in [3.63, 3.8) is 0 Å². The summed E-state index contributed by atoms with van der Waals surface area (Å²) in [5.41, 5.74) is 2.65. The second-order valence-electron chi connectivity index (χ2n) is 6.20. The first kappa shape index (κ1) is 18.3. The van der Waals surface area contributed by atoms with Crippen molar-refractivity contribution >= 4 is 17.5 Å². The van der Waals surface area contributed by atoms with E-state index in [1.165, 1.54) is 29.6 Å². The van der Waals surface area contributed by atoms with Gasteiger partial charge in [0.15, 0.2) is 0 Å². The fraction of sp³-hybridized carbons (Fsp3) is 0.150. The number of amides is 2. The summed E-state index contributed by atoms with van der Waals surface area (Å²) in [6.07, 6.45) is 2.89. The number of anilines is 1. The highest BCUT2D eigenvalue weighted by atomic mass is 19.1. The highest BCUT2D eigenvalue weighted by Crippen LogP contribution is 2.14. The molecule has 0 radical (unpaired) electrons. The van der Waals surface area contributed by atoms with Crippen molar-refractivity contribution in [1.29, 1.82) is 0 Å². The number of rotatable bonds is 5. The van der Waals surface area contributed by atoms with E-state index in [2.05, 4.69) is 10.3 Å². The van der Waals surface area contributed by atoms with E-state index in [1.807, 2.05) is 19.1 Å². The third-order valence-electron chi connectivity index (χ3n) is 4.03. The molecular formula is C20H19FN4O2. The van der Waals surface area contributed by atoms with E-state index in [1.54, 1.807) is 35.9 Å². The molecule has 3 aromatic rings. The number of carbonyl (C=O) groups is 2. The Morgan fingerprint density at radius 2 is 1.78 bits per heavy atom. The monoisotopic (exact) mass is 366 g/mol. The van der Waals surface area contributed by atoms with Gasteiger partial charge in [-0.2, -0.15) is 0 Å². The fourth-order valence-electron chi connectivity index (χ4n) is 2.58. The van der Waals surface area contributed by atoms with Gasteiger partial charge in [-0.1, -0.05) is 17.7 Å². The minimum absolute atomic E-state index is 0.110. The molecule has 0 saturated carbocycles. The van der Waals surface area contributed by atoms with Gasteiger partial charge < -0.3 is 10.2 Å². The summed E-state index contributed by atoms with van der Waals surface area (Å²) in [5, 5.41) is 2.76. The number of aryl methyl sites for hydroxylation is 1. The van der Waals surface area contributed by atoms with Crippen molar-refractivity contribution in [2.45, 2.75) is 6.92 Å². The average Bonchev–Trinajstić information content (AvgIpc) is 3.13. The van der Waals surface area contributed by atoms with Crippen LogP contribution in [-0.4, -0.2) is 39.9 Å². The lowest BCUT2D eigenvalue weighted by molar-refractivity contribution is -0.116. The standard InChI is InChI=1S/C20H19FN4O2/c1-14-3-7-16(8-4-14)23-19(26)12-24(2)20(27)18-11-22-13-25(18)17-9-5-15(21)6-10-17/h3-11,13H,12H2,1-2H3,(H,23,26). The van der Waals surface area contributed by atoms with Crippen LogP contribution in [0.5, 0.6) is 0 Å². The first-order chi connectivity index (χ1) is 12.9. The Bertz CT molecular complexity index is 949. The van der Waals surface area contributed by atoms with E-state index < -0.39 is 0 Å². The van der Waals surface area contributed by atoms with Gasteiger partial charge in [-0.3, -0.25) is 14.2 Å². The third kappa shape index (κ3) is 4.38. The molecule has 1 aromatic heterocycles. The summed E-state index contributed by atoms with van der Waals surface area (Å²) in [5.74, 6) is -1.03. The molecule has 1 heterocycles. The van der Waals surface area contributed by atoms with Gasteiger partial charge in [0.1, 0.15) is 11.5 Å². The minimum atomic E-state index is -0.365. The molecule has 7 heteroatoms. The average molecular weight is 366 g/mol. The lowest BCUT2D eigenvalue weighted by Gasteiger charge is -2.18. The van der Waals surface area contributed by atoms with Crippen LogP contribution in [0.25, 0.3) is 5.69 Å². The molecule has 1 N–H and O–H groups in total. The smallest absolute Gasteiger partial charge is 0.272 e. The van der Waals surface area contributed by atoms with E-state index >= 15 is 0 Å². The Morgan fingerprint density at radius 1 is 1.11 bits per heavy atom. The summed E-state index contributed by atoms with van der Waals surface area (Å²) in [7, 11) is 1.54. The topological polar surface area (TPSA) is 67.2 Å². The van der Waals surface area contributed by atoms with Gasteiger partial charge in [-0.15, -0.1) is 0 Å². The first-order valence-corrected chi connectivity index (χ1v) is 8.34.